The van der Waals surface area contributed by atoms with Crippen LogP contribution in [0.2, 0.25) is 0 Å². The van der Waals surface area contributed by atoms with E-state index in [0.717, 1.165) is 22.2 Å². The van der Waals surface area contributed by atoms with Crippen molar-refractivity contribution in [3.63, 3.8) is 0 Å². The van der Waals surface area contributed by atoms with Gasteiger partial charge in [-0.1, -0.05) is 12.1 Å². The van der Waals surface area contributed by atoms with Crippen LogP contribution in [0, 0.1) is 20.8 Å². The summed E-state index contributed by atoms with van der Waals surface area (Å²) < 4.78 is 2.11. The first-order chi connectivity index (χ1) is 8.69. The quantitative estimate of drug-likeness (QED) is 0.897. The lowest BCUT2D eigenvalue weighted by Gasteiger charge is -2.20. The van der Waals surface area contributed by atoms with Crippen LogP contribution in [0.1, 0.15) is 36.2 Å². The molecule has 3 nitrogen and oxygen atoms in total. The average molecular weight is 259 g/mol. The number of carboxylic acids is 1. The van der Waals surface area contributed by atoms with Gasteiger partial charge in [-0.05, 0) is 51.3 Å². The Labute approximate surface area is 113 Å². The smallest absolute Gasteiger partial charge is 0.313 e. The van der Waals surface area contributed by atoms with Crippen molar-refractivity contribution < 1.29 is 9.90 Å². The number of aromatic nitrogens is 1. The predicted molar refractivity (Wildman–Crippen MR) is 77.8 cm³/mol. The second-order valence-electron chi connectivity index (χ2n) is 5.85. The van der Waals surface area contributed by atoms with E-state index in [0.29, 0.717) is 0 Å². The molecule has 0 aliphatic heterocycles. The van der Waals surface area contributed by atoms with E-state index < -0.39 is 11.4 Å². The molecule has 2 rings (SSSR count). The Morgan fingerprint density at radius 2 is 1.79 bits per heavy atom. The monoisotopic (exact) mass is 259 g/mol. The summed E-state index contributed by atoms with van der Waals surface area (Å²) in [6.45, 7) is 9.71. The molecule has 0 amide bonds. The van der Waals surface area contributed by atoms with E-state index >= 15 is 0 Å². The zero-order valence-electron chi connectivity index (χ0n) is 12.5. The lowest BCUT2D eigenvalue weighted by Crippen LogP contribution is -2.29. The van der Waals surface area contributed by atoms with Crippen molar-refractivity contribution in [2.75, 3.05) is 0 Å². The number of aryl methyl sites for hydroxylation is 3. The summed E-state index contributed by atoms with van der Waals surface area (Å²) in [5.41, 5.74) is 4.65. The Hall–Kier alpha value is -1.77. The number of nitrogens with zero attached hydrogens (tertiary/aromatic N) is 1. The molecular weight excluding hydrogens is 238 g/mol. The molecule has 3 heteroatoms. The average Bonchev–Trinajstić information content (AvgIpc) is 2.57. The second kappa shape index (κ2) is 4.12. The Bertz CT molecular complexity index is 678. The highest BCUT2D eigenvalue weighted by molar-refractivity contribution is 5.95. The van der Waals surface area contributed by atoms with Gasteiger partial charge in [0, 0.05) is 18.1 Å². The van der Waals surface area contributed by atoms with Gasteiger partial charge in [0.15, 0.2) is 0 Å². The summed E-state index contributed by atoms with van der Waals surface area (Å²) in [7, 11) is 2.01. The molecule has 2 aromatic rings. The highest BCUT2D eigenvalue weighted by Gasteiger charge is 2.34. The highest BCUT2D eigenvalue weighted by Crippen LogP contribution is 2.37. The molecule has 0 unspecified atom stereocenters. The Kier molecular flexibility index (Phi) is 2.96. The van der Waals surface area contributed by atoms with E-state index in [1.165, 1.54) is 11.1 Å². The van der Waals surface area contributed by atoms with Crippen molar-refractivity contribution in [3.05, 3.63) is 34.5 Å². The fourth-order valence-electron chi connectivity index (χ4n) is 2.86. The molecule has 0 atom stereocenters. The molecule has 1 N–H and O–H groups in total. The zero-order chi connectivity index (χ0) is 14.5. The summed E-state index contributed by atoms with van der Waals surface area (Å²) in [4.78, 5) is 11.6. The minimum atomic E-state index is -0.884. The molecule has 102 valence electrons. The first-order valence-electron chi connectivity index (χ1n) is 6.48. The van der Waals surface area contributed by atoms with E-state index in [2.05, 4.69) is 24.5 Å². The molecule has 0 radical (unpaired) electrons. The van der Waals surface area contributed by atoms with Crippen molar-refractivity contribution in [3.8, 4) is 0 Å². The number of carboxylic acid groups (broad SMARTS) is 1. The third-order valence-electron chi connectivity index (χ3n) is 4.33. The maximum atomic E-state index is 11.6. The van der Waals surface area contributed by atoms with Crippen LogP contribution in [0.3, 0.4) is 0 Å². The minimum Gasteiger partial charge on any atom is -0.481 e. The fourth-order valence-corrected chi connectivity index (χ4v) is 2.86. The normalized spacial score (nSPS) is 12.1. The molecule has 0 saturated heterocycles. The van der Waals surface area contributed by atoms with Gasteiger partial charge < -0.3 is 9.67 Å². The summed E-state index contributed by atoms with van der Waals surface area (Å²) in [5.74, 6) is -0.790. The van der Waals surface area contributed by atoms with Gasteiger partial charge in [0.05, 0.1) is 10.9 Å². The lowest BCUT2D eigenvalue weighted by atomic mass is 9.82. The second-order valence-corrected chi connectivity index (χ2v) is 5.85. The van der Waals surface area contributed by atoms with Crippen molar-refractivity contribution in [2.45, 2.75) is 40.0 Å². The zero-order valence-corrected chi connectivity index (χ0v) is 12.5. The first kappa shape index (κ1) is 13.7. The van der Waals surface area contributed by atoms with Crippen LogP contribution in [0.4, 0.5) is 0 Å². The Morgan fingerprint density at radius 1 is 1.21 bits per heavy atom. The predicted octanol–water partition coefficient (Wildman–Crippen LogP) is 3.47. The lowest BCUT2D eigenvalue weighted by molar-refractivity contribution is -0.142. The third kappa shape index (κ3) is 1.76. The third-order valence-corrected chi connectivity index (χ3v) is 4.33. The van der Waals surface area contributed by atoms with Crippen LogP contribution in [-0.4, -0.2) is 15.6 Å². The molecular formula is C16H21NO2. The number of fused-ring (bicyclic) bond motifs is 1. The SMILES string of the molecule is Cc1ccc2c(C(C)(C)C(=O)O)c(C)n(C)c2c1C. The number of hydrogen-bond donors (Lipinski definition) is 1. The number of carbonyl (C=O) groups is 1. The largest absolute Gasteiger partial charge is 0.481 e. The number of benzene rings is 1. The molecule has 1 aromatic heterocycles. The van der Waals surface area contributed by atoms with E-state index in [4.69, 9.17) is 0 Å². The van der Waals surface area contributed by atoms with Crippen LogP contribution in [0.5, 0.6) is 0 Å². The summed E-state index contributed by atoms with van der Waals surface area (Å²) >= 11 is 0. The maximum Gasteiger partial charge on any atom is 0.313 e. The van der Waals surface area contributed by atoms with Crippen LogP contribution in [0.15, 0.2) is 12.1 Å². The number of rotatable bonds is 2. The molecule has 0 aliphatic rings. The minimum absolute atomic E-state index is 0.790. The first-order valence-corrected chi connectivity index (χ1v) is 6.48. The number of hydrogen-bond acceptors (Lipinski definition) is 1. The molecule has 1 heterocycles. The van der Waals surface area contributed by atoms with Crippen molar-refractivity contribution in [1.29, 1.82) is 0 Å². The van der Waals surface area contributed by atoms with E-state index in [9.17, 15) is 9.90 Å². The fraction of sp³-hybridized carbons (Fsp3) is 0.438. The standard InChI is InChI=1S/C16H21NO2/c1-9-7-8-12-13(16(4,5)15(18)19)11(3)17(6)14(12)10(9)2/h7-8H,1-6H3,(H,18,19). The van der Waals surface area contributed by atoms with E-state index in [1.807, 2.05) is 20.0 Å². The highest BCUT2D eigenvalue weighted by atomic mass is 16.4. The van der Waals surface area contributed by atoms with Gasteiger partial charge in [0.2, 0.25) is 0 Å². The summed E-state index contributed by atoms with van der Waals surface area (Å²) in [5, 5.41) is 10.6. The van der Waals surface area contributed by atoms with Crippen LogP contribution >= 0.6 is 0 Å². The molecule has 19 heavy (non-hydrogen) atoms. The van der Waals surface area contributed by atoms with Crippen molar-refractivity contribution >= 4 is 16.9 Å². The molecule has 1 aromatic carbocycles. The van der Waals surface area contributed by atoms with Gasteiger partial charge in [-0.2, -0.15) is 0 Å². The van der Waals surface area contributed by atoms with Crippen molar-refractivity contribution in [2.24, 2.45) is 7.05 Å². The van der Waals surface area contributed by atoms with Gasteiger partial charge in [-0.25, -0.2) is 0 Å². The van der Waals surface area contributed by atoms with Crippen molar-refractivity contribution in [1.82, 2.24) is 4.57 Å². The summed E-state index contributed by atoms with van der Waals surface area (Å²) in [6.07, 6.45) is 0. The van der Waals surface area contributed by atoms with Crippen LogP contribution in [0.25, 0.3) is 10.9 Å². The molecule has 0 fully saturated rings. The van der Waals surface area contributed by atoms with Crippen LogP contribution in [-0.2, 0) is 17.3 Å². The molecule has 0 aliphatic carbocycles. The summed E-state index contributed by atoms with van der Waals surface area (Å²) in [6, 6.07) is 4.11. The van der Waals surface area contributed by atoms with Crippen LogP contribution < -0.4 is 0 Å². The van der Waals surface area contributed by atoms with Gasteiger partial charge >= 0.3 is 5.97 Å². The van der Waals surface area contributed by atoms with E-state index in [1.54, 1.807) is 13.8 Å². The Morgan fingerprint density at radius 3 is 2.32 bits per heavy atom. The van der Waals surface area contributed by atoms with Gasteiger partial charge in [0.25, 0.3) is 0 Å². The van der Waals surface area contributed by atoms with Gasteiger partial charge in [0.1, 0.15) is 0 Å². The maximum absolute atomic E-state index is 11.6. The van der Waals surface area contributed by atoms with E-state index in [-0.39, 0.29) is 0 Å². The number of aliphatic carboxylic acids is 1. The van der Waals surface area contributed by atoms with Gasteiger partial charge in [-0.3, -0.25) is 4.79 Å². The molecule has 0 spiro atoms. The van der Waals surface area contributed by atoms with Gasteiger partial charge in [-0.15, -0.1) is 0 Å². The topological polar surface area (TPSA) is 42.2 Å². The molecule has 0 bridgehead atoms. The Balaban J connectivity index is 2.96. The molecule has 0 saturated carbocycles.